The molecule has 0 spiro atoms. The summed E-state index contributed by atoms with van der Waals surface area (Å²) in [4.78, 5) is 14.3. The topological polar surface area (TPSA) is 62.8 Å². The lowest BCUT2D eigenvalue weighted by atomic mass is 10.1. The summed E-state index contributed by atoms with van der Waals surface area (Å²) in [5.74, 6) is 0.211. The number of benzene rings is 2. The van der Waals surface area contributed by atoms with Crippen molar-refractivity contribution < 1.29 is 14.3 Å². The van der Waals surface area contributed by atoms with Gasteiger partial charge in [0.1, 0.15) is 5.75 Å². The molecule has 0 bridgehead atoms. The molecule has 0 atom stereocenters. The molecule has 0 aliphatic carbocycles. The van der Waals surface area contributed by atoms with Gasteiger partial charge in [0.25, 0.3) is 0 Å². The van der Waals surface area contributed by atoms with E-state index in [4.69, 9.17) is 33.3 Å². The predicted molar refractivity (Wildman–Crippen MR) is 128 cm³/mol. The second kappa shape index (κ2) is 11.6. The molecule has 0 amide bonds. The zero-order valence-electron chi connectivity index (χ0n) is 17.8. The first kappa shape index (κ1) is 23.8. The normalized spacial score (nSPS) is 10.3. The van der Waals surface area contributed by atoms with Crippen molar-refractivity contribution >= 4 is 52.0 Å². The SMILES string of the molecule is CCCN(CCC)c1ccc(C(=O)OC)cc1NC(=S)Nc1cc(Cl)ccc1OC. The van der Waals surface area contributed by atoms with Crippen molar-refractivity contribution in [1.82, 2.24) is 0 Å². The Morgan fingerprint density at radius 1 is 1.03 bits per heavy atom. The Morgan fingerprint density at radius 2 is 1.70 bits per heavy atom. The molecule has 2 N–H and O–H groups in total. The Hall–Kier alpha value is -2.51. The Labute approximate surface area is 188 Å². The number of methoxy groups -OCH3 is 2. The van der Waals surface area contributed by atoms with E-state index in [1.165, 1.54) is 7.11 Å². The van der Waals surface area contributed by atoms with Gasteiger partial charge in [-0.15, -0.1) is 0 Å². The molecule has 30 heavy (non-hydrogen) atoms. The molecule has 8 heteroatoms. The molecular formula is C22H28ClN3O3S. The molecule has 162 valence electrons. The van der Waals surface area contributed by atoms with Crippen LogP contribution in [0.4, 0.5) is 17.1 Å². The number of thiocarbonyl (C=S) groups is 1. The number of halogens is 1. The third-order valence-corrected chi connectivity index (χ3v) is 4.84. The monoisotopic (exact) mass is 449 g/mol. The maximum atomic E-state index is 12.1. The lowest BCUT2D eigenvalue weighted by molar-refractivity contribution is 0.0601. The maximum Gasteiger partial charge on any atom is 0.337 e. The number of ether oxygens (including phenoxy) is 2. The minimum atomic E-state index is -0.405. The van der Waals surface area contributed by atoms with Gasteiger partial charge in [0.15, 0.2) is 5.11 Å². The van der Waals surface area contributed by atoms with Crippen LogP contribution in [0.15, 0.2) is 36.4 Å². The van der Waals surface area contributed by atoms with E-state index in [0.29, 0.717) is 27.1 Å². The van der Waals surface area contributed by atoms with E-state index >= 15 is 0 Å². The van der Waals surface area contributed by atoms with Crippen molar-refractivity contribution in [2.75, 3.05) is 42.8 Å². The minimum Gasteiger partial charge on any atom is -0.495 e. The Kier molecular flexibility index (Phi) is 9.20. The third kappa shape index (κ3) is 6.24. The number of nitrogens with one attached hydrogen (secondary N) is 2. The van der Waals surface area contributed by atoms with Crippen LogP contribution in [0.5, 0.6) is 5.75 Å². The van der Waals surface area contributed by atoms with Crippen LogP contribution in [0, 0.1) is 0 Å². The van der Waals surface area contributed by atoms with Gasteiger partial charge in [0.2, 0.25) is 0 Å². The molecule has 0 saturated heterocycles. The molecule has 2 aromatic carbocycles. The van der Waals surface area contributed by atoms with Crippen molar-refractivity contribution in [3.8, 4) is 5.75 Å². The highest BCUT2D eigenvalue weighted by Gasteiger charge is 2.16. The molecule has 0 unspecified atom stereocenters. The van der Waals surface area contributed by atoms with Gasteiger partial charge in [-0.3, -0.25) is 0 Å². The quantitative estimate of drug-likeness (QED) is 0.383. The van der Waals surface area contributed by atoms with E-state index in [9.17, 15) is 4.79 Å². The number of carbonyl (C=O) groups excluding carboxylic acids is 1. The number of hydrogen-bond donors (Lipinski definition) is 2. The second-order valence-corrected chi connectivity index (χ2v) is 7.48. The van der Waals surface area contributed by atoms with Gasteiger partial charge in [-0.1, -0.05) is 25.4 Å². The van der Waals surface area contributed by atoms with Crippen LogP contribution in [0.1, 0.15) is 37.0 Å². The summed E-state index contributed by atoms with van der Waals surface area (Å²) in [6.07, 6.45) is 2.00. The molecule has 0 aliphatic heterocycles. The number of carbonyl (C=O) groups is 1. The van der Waals surface area contributed by atoms with Crippen molar-refractivity contribution in [2.24, 2.45) is 0 Å². The number of esters is 1. The van der Waals surface area contributed by atoms with E-state index in [0.717, 1.165) is 37.3 Å². The van der Waals surface area contributed by atoms with E-state index in [1.807, 2.05) is 6.07 Å². The van der Waals surface area contributed by atoms with Crippen LogP contribution in [0.2, 0.25) is 5.02 Å². The molecule has 0 aromatic heterocycles. The fraction of sp³-hybridized carbons (Fsp3) is 0.364. The molecule has 0 saturated carbocycles. The summed E-state index contributed by atoms with van der Waals surface area (Å²) in [5.41, 5.74) is 2.78. The maximum absolute atomic E-state index is 12.1. The lowest BCUT2D eigenvalue weighted by Gasteiger charge is -2.27. The number of rotatable bonds is 9. The van der Waals surface area contributed by atoms with Gasteiger partial charge in [0.05, 0.1) is 36.8 Å². The van der Waals surface area contributed by atoms with Gasteiger partial charge >= 0.3 is 5.97 Å². The van der Waals surface area contributed by atoms with Crippen molar-refractivity contribution in [3.05, 3.63) is 47.0 Å². The Balaban J connectivity index is 2.35. The van der Waals surface area contributed by atoms with Gasteiger partial charge in [-0.2, -0.15) is 0 Å². The van der Waals surface area contributed by atoms with Crippen molar-refractivity contribution in [3.63, 3.8) is 0 Å². The summed E-state index contributed by atoms with van der Waals surface area (Å²) in [7, 11) is 2.94. The number of nitrogens with zero attached hydrogens (tertiary/aromatic N) is 1. The summed E-state index contributed by atoms with van der Waals surface area (Å²) < 4.78 is 10.2. The standard InChI is InChI=1S/C22H28ClN3O3S/c1-5-11-26(12-6-2)19-9-7-15(21(27)29-4)13-17(19)24-22(30)25-18-14-16(23)8-10-20(18)28-3/h7-10,13-14H,5-6,11-12H2,1-4H3,(H2,24,25,30). The molecule has 6 nitrogen and oxygen atoms in total. The zero-order chi connectivity index (χ0) is 22.1. The molecule has 0 radical (unpaired) electrons. The summed E-state index contributed by atoms with van der Waals surface area (Å²) in [5, 5.41) is 7.25. The molecule has 2 aromatic rings. The molecule has 0 aliphatic rings. The third-order valence-electron chi connectivity index (χ3n) is 4.40. The van der Waals surface area contributed by atoms with Gasteiger partial charge in [-0.25, -0.2) is 4.79 Å². The first-order valence-corrected chi connectivity index (χ1v) is 10.6. The minimum absolute atomic E-state index is 0.353. The van der Waals surface area contributed by atoms with Gasteiger partial charge in [0, 0.05) is 18.1 Å². The summed E-state index contributed by atoms with van der Waals surface area (Å²) in [6, 6.07) is 10.7. The van der Waals surface area contributed by atoms with Crippen LogP contribution >= 0.6 is 23.8 Å². The lowest BCUT2D eigenvalue weighted by Crippen LogP contribution is -2.27. The van der Waals surface area contributed by atoms with Crippen LogP contribution in [0.25, 0.3) is 0 Å². The van der Waals surface area contributed by atoms with Gasteiger partial charge < -0.3 is 25.0 Å². The van der Waals surface area contributed by atoms with Crippen molar-refractivity contribution in [1.29, 1.82) is 0 Å². The van der Waals surface area contributed by atoms with E-state index in [-0.39, 0.29) is 0 Å². The first-order valence-electron chi connectivity index (χ1n) is 9.82. The largest absolute Gasteiger partial charge is 0.495 e. The highest BCUT2D eigenvalue weighted by atomic mass is 35.5. The molecule has 0 fully saturated rings. The van der Waals surface area contributed by atoms with E-state index in [2.05, 4.69) is 29.4 Å². The predicted octanol–water partition coefficient (Wildman–Crippen LogP) is 5.57. The first-order chi connectivity index (χ1) is 14.4. The Bertz CT molecular complexity index is 886. The van der Waals surface area contributed by atoms with Crippen LogP contribution in [-0.4, -0.2) is 38.4 Å². The van der Waals surface area contributed by atoms with Gasteiger partial charge in [-0.05, 0) is 61.5 Å². The zero-order valence-corrected chi connectivity index (χ0v) is 19.3. The highest BCUT2D eigenvalue weighted by Crippen LogP contribution is 2.30. The number of hydrogen-bond acceptors (Lipinski definition) is 5. The average molecular weight is 450 g/mol. The molecular weight excluding hydrogens is 422 g/mol. The second-order valence-electron chi connectivity index (χ2n) is 6.63. The fourth-order valence-electron chi connectivity index (χ4n) is 3.10. The highest BCUT2D eigenvalue weighted by molar-refractivity contribution is 7.80. The number of anilines is 3. The molecule has 0 heterocycles. The smallest absolute Gasteiger partial charge is 0.337 e. The summed E-state index contributed by atoms with van der Waals surface area (Å²) >= 11 is 11.6. The van der Waals surface area contributed by atoms with E-state index < -0.39 is 5.97 Å². The summed E-state index contributed by atoms with van der Waals surface area (Å²) in [6.45, 7) is 6.05. The van der Waals surface area contributed by atoms with Crippen molar-refractivity contribution in [2.45, 2.75) is 26.7 Å². The average Bonchev–Trinajstić information content (AvgIpc) is 2.73. The van der Waals surface area contributed by atoms with Crippen LogP contribution in [0.3, 0.4) is 0 Å². The molecule has 2 rings (SSSR count). The van der Waals surface area contributed by atoms with Crippen LogP contribution < -0.4 is 20.3 Å². The van der Waals surface area contributed by atoms with Crippen LogP contribution in [-0.2, 0) is 4.74 Å². The van der Waals surface area contributed by atoms with E-state index in [1.54, 1.807) is 37.4 Å². The Morgan fingerprint density at radius 3 is 2.30 bits per heavy atom. The fourth-order valence-corrected chi connectivity index (χ4v) is 3.50.